The summed E-state index contributed by atoms with van der Waals surface area (Å²) in [4.78, 5) is 31.0. The van der Waals surface area contributed by atoms with Crippen LogP contribution in [0.1, 0.15) is 26.3 Å². The summed E-state index contributed by atoms with van der Waals surface area (Å²) < 4.78 is 7.01. The van der Waals surface area contributed by atoms with Crippen LogP contribution in [-0.4, -0.2) is 64.7 Å². The van der Waals surface area contributed by atoms with Gasteiger partial charge in [-0.05, 0) is 41.3 Å². The Bertz CT molecular complexity index is 1290. The van der Waals surface area contributed by atoms with E-state index in [2.05, 4.69) is 0 Å². The van der Waals surface area contributed by atoms with Gasteiger partial charge in [-0.3, -0.25) is 14.3 Å². The molecular formula is C27H26N4O3S. The predicted molar refractivity (Wildman–Crippen MR) is 136 cm³/mol. The molecule has 1 fully saturated rings. The van der Waals surface area contributed by atoms with Crippen molar-refractivity contribution in [1.29, 1.82) is 0 Å². The van der Waals surface area contributed by atoms with Crippen LogP contribution in [0.4, 0.5) is 0 Å². The third-order valence-corrected chi connectivity index (χ3v) is 7.00. The molecule has 5 rings (SSSR count). The lowest BCUT2D eigenvalue weighted by Crippen LogP contribution is -2.50. The Morgan fingerprint density at radius 3 is 2.20 bits per heavy atom. The molecule has 4 aromatic rings. The van der Waals surface area contributed by atoms with E-state index in [1.165, 1.54) is 0 Å². The molecule has 0 saturated carbocycles. The van der Waals surface area contributed by atoms with Gasteiger partial charge in [-0.15, -0.1) is 11.3 Å². The number of carbonyl (C=O) groups is 2. The Hall–Kier alpha value is -3.91. The molecule has 7 nitrogen and oxygen atoms in total. The van der Waals surface area contributed by atoms with Crippen LogP contribution in [-0.2, 0) is 6.54 Å². The average molecular weight is 487 g/mol. The number of rotatable bonds is 6. The van der Waals surface area contributed by atoms with Gasteiger partial charge in [-0.25, -0.2) is 0 Å². The smallest absolute Gasteiger partial charge is 0.257 e. The second-order valence-corrected chi connectivity index (χ2v) is 9.31. The minimum Gasteiger partial charge on any atom is -0.497 e. The number of benzene rings is 2. The molecule has 178 valence electrons. The normalized spacial score (nSPS) is 13.6. The van der Waals surface area contributed by atoms with Crippen LogP contribution in [0, 0.1) is 0 Å². The standard InChI is InChI=1S/C27H26N4O3S/c1-34-22-11-9-21(10-12-22)26(32)29-13-15-30(16-14-29)27(33)23-19-31(18-20-6-3-2-4-7-20)28-25(23)24-8-5-17-35-24/h2-12,17,19H,13-16,18H2,1H3. The van der Waals surface area contributed by atoms with Crippen LogP contribution >= 0.6 is 11.3 Å². The third kappa shape index (κ3) is 4.97. The first-order chi connectivity index (χ1) is 17.1. The van der Waals surface area contributed by atoms with Gasteiger partial charge in [-0.2, -0.15) is 5.10 Å². The Morgan fingerprint density at radius 2 is 1.57 bits per heavy atom. The zero-order valence-corrected chi connectivity index (χ0v) is 20.3. The van der Waals surface area contributed by atoms with Crippen molar-refractivity contribution in [3.05, 3.63) is 95.0 Å². The van der Waals surface area contributed by atoms with Crippen molar-refractivity contribution in [2.45, 2.75) is 6.54 Å². The molecular weight excluding hydrogens is 460 g/mol. The first-order valence-corrected chi connectivity index (χ1v) is 12.4. The molecule has 0 spiro atoms. The van der Waals surface area contributed by atoms with Crippen molar-refractivity contribution in [2.75, 3.05) is 33.3 Å². The summed E-state index contributed by atoms with van der Waals surface area (Å²) >= 11 is 1.57. The number of piperazine rings is 1. The molecule has 1 saturated heterocycles. The summed E-state index contributed by atoms with van der Waals surface area (Å²) in [6.07, 6.45) is 1.85. The van der Waals surface area contributed by atoms with Crippen molar-refractivity contribution in [3.8, 4) is 16.3 Å². The van der Waals surface area contributed by atoms with Crippen LogP contribution in [0.2, 0.25) is 0 Å². The second-order valence-electron chi connectivity index (χ2n) is 8.36. The monoisotopic (exact) mass is 486 g/mol. The van der Waals surface area contributed by atoms with E-state index in [-0.39, 0.29) is 11.8 Å². The summed E-state index contributed by atoms with van der Waals surface area (Å²) in [7, 11) is 1.60. The number of nitrogens with zero attached hydrogens (tertiary/aromatic N) is 4. The number of carbonyl (C=O) groups excluding carboxylic acids is 2. The highest BCUT2D eigenvalue weighted by Crippen LogP contribution is 2.28. The number of hydrogen-bond donors (Lipinski definition) is 0. The van der Waals surface area contributed by atoms with Crippen molar-refractivity contribution in [2.24, 2.45) is 0 Å². The van der Waals surface area contributed by atoms with Crippen molar-refractivity contribution in [1.82, 2.24) is 19.6 Å². The molecule has 0 bridgehead atoms. The van der Waals surface area contributed by atoms with Crippen LogP contribution < -0.4 is 4.74 Å². The SMILES string of the molecule is COc1ccc(C(=O)N2CCN(C(=O)c3cn(Cc4ccccc4)nc3-c3cccs3)CC2)cc1. The zero-order chi connectivity index (χ0) is 24.2. The molecule has 8 heteroatoms. The summed E-state index contributed by atoms with van der Waals surface area (Å²) in [5.74, 6) is 0.630. The number of aromatic nitrogens is 2. The molecule has 1 aliphatic rings. The highest BCUT2D eigenvalue weighted by Gasteiger charge is 2.28. The largest absolute Gasteiger partial charge is 0.497 e. The minimum atomic E-state index is -0.0516. The Morgan fingerprint density at radius 1 is 0.886 bits per heavy atom. The van der Waals surface area contributed by atoms with Crippen LogP contribution in [0.15, 0.2) is 78.3 Å². The molecule has 1 aliphatic heterocycles. The van der Waals surface area contributed by atoms with E-state index in [1.54, 1.807) is 47.6 Å². The second kappa shape index (κ2) is 10.1. The number of ether oxygens (including phenoxy) is 1. The predicted octanol–water partition coefficient (Wildman–Crippen LogP) is 4.27. The van der Waals surface area contributed by atoms with E-state index < -0.39 is 0 Å². The van der Waals surface area contributed by atoms with Gasteiger partial charge in [0.25, 0.3) is 11.8 Å². The first kappa shape index (κ1) is 22.9. The molecule has 2 aromatic carbocycles. The highest BCUT2D eigenvalue weighted by atomic mass is 32.1. The van der Waals surface area contributed by atoms with Gasteiger partial charge in [-0.1, -0.05) is 36.4 Å². The van der Waals surface area contributed by atoms with E-state index in [9.17, 15) is 9.59 Å². The summed E-state index contributed by atoms with van der Waals surface area (Å²) in [5.41, 5.74) is 3.04. The van der Waals surface area contributed by atoms with E-state index in [4.69, 9.17) is 9.84 Å². The molecule has 0 N–H and O–H groups in total. The lowest BCUT2D eigenvalue weighted by Gasteiger charge is -2.34. The first-order valence-electron chi connectivity index (χ1n) is 11.5. The van der Waals surface area contributed by atoms with Crippen LogP contribution in [0.5, 0.6) is 5.75 Å². The Labute approximate surface area is 208 Å². The number of amides is 2. The van der Waals surface area contributed by atoms with Crippen molar-refractivity contribution in [3.63, 3.8) is 0 Å². The van der Waals surface area contributed by atoms with E-state index in [0.717, 1.165) is 10.4 Å². The van der Waals surface area contributed by atoms with Gasteiger partial charge in [0, 0.05) is 37.9 Å². The molecule has 3 heterocycles. The van der Waals surface area contributed by atoms with E-state index >= 15 is 0 Å². The van der Waals surface area contributed by atoms with Gasteiger partial charge in [0.05, 0.1) is 24.1 Å². The fourth-order valence-electron chi connectivity index (χ4n) is 4.22. The van der Waals surface area contributed by atoms with E-state index in [0.29, 0.717) is 55.3 Å². The molecule has 2 aromatic heterocycles. The maximum absolute atomic E-state index is 13.6. The number of methoxy groups -OCH3 is 1. The number of hydrogen-bond acceptors (Lipinski definition) is 5. The molecule has 0 radical (unpaired) electrons. The Kier molecular flexibility index (Phi) is 6.63. The van der Waals surface area contributed by atoms with E-state index in [1.807, 2.05) is 63.6 Å². The highest BCUT2D eigenvalue weighted by molar-refractivity contribution is 7.13. The quantitative estimate of drug-likeness (QED) is 0.408. The van der Waals surface area contributed by atoms with Crippen LogP contribution in [0.25, 0.3) is 10.6 Å². The fraction of sp³-hybridized carbons (Fsp3) is 0.222. The summed E-state index contributed by atoms with van der Waals surface area (Å²) in [6.45, 7) is 2.53. The van der Waals surface area contributed by atoms with Gasteiger partial charge >= 0.3 is 0 Å². The summed E-state index contributed by atoms with van der Waals surface area (Å²) in [6, 6.07) is 21.1. The van der Waals surface area contributed by atoms with Crippen molar-refractivity contribution >= 4 is 23.2 Å². The average Bonchev–Trinajstić information content (AvgIpc) is 3.59. The molecule has 0 unspecified atom stereocenters. The zero-order valence-electron chi connectivity index (χ0n) is 19.5. The van der Waals surface area contributed by atoms with Gasteiger partial charge in [0.2, 0.25) is 0 Å². The van der Waals surface area contributed by atoms with Gasteiger partial charge < -0.3 is 14.5 Å². The summed E-state index contributed by atoms with van der Waals surface area (Å²) in [5, 5.41) is 6.76. The van der Waals surface area contributed by atoms with Crippen LogP contribution in [0.3, 0.4) is 0 Å². The lowest BCUT2D eigenvalue weighted by atomic mass is 10.1. The van der Waals surface area contributed by atoms with Gasteiger partial charge in [0.15, 0.2) is 0 Å². The molecule has 35 heavy (non-hydrogen) atoms. The lowest BCUT2D eigenvalue weighted by molar-refractivity contribution is 0.0536. The third-order valence-electron chi connectivity index (χ3n) is 6.13. The maximum atomic E-state index is 13.6. The Balaban J connectivity index is 1.30. The minimum absolute atomic E-state index is 0.0327. The molecule has 0 aliphatic carbocycles. The molecule has 0 atom stereocenters. The fourth-order valence-corrected chi connectivity index (χ4v) is 4.95. The molecule has 2 amide bonds. The maximum Gasteiger partial charge on any atom is 0.257 e. The van der Waals surface area contributed by atoms with Crippen molar-refractivity contribution < 1.29 is 14.3 Å². The topological polar surface area (TPSA) is 67.7 Å². The number of thiophene rings is 1. The van der Waals surface area contributed by atoms with Gasteiger partial charge in [0.1, 0.15) is 11.4 Å².